The fourth-order valence-corrected chi connectivity index (χ4v) is 4.12. The topological polar surface area (TPSA) is 87.2 Å². The highest BCUT2D eigenvalue weighted by molar-refractivity contribution is 6.35. The minimum absolute atomic E-state index is 0.00649. The standard InChI is InChI=1S/C23H21Cl2N5O2/c24-17-11-16(12-18(25)13-17)22(32)28-19-6-4-15(5-7-19)21(31)29-20-3-1-10-30(14-20)23-26-8-2-9-27-23/h2,4-9,11-13,20H,1,3,10,14H2,(H,28,32)(H,29,31). The number of piperidine rings is 1. The number of amides is 2. The number of anilines is 2. The Balaban J connectivity index is 1.35. The van der Waals surface area contributed by atoms with E-state index in [9.17, 15) is 9.59 Å². The van der Waals surface area contributed by atoms with Gasteiger partial charge in [0.15, 0.2) is 0 Å². The van der Waals surface area contributed by atoms with Crippen molar-refractivity contribution >= 4 is 46.7 Å². The molecule has 2 heterocycles. The third kappa shape index (κ3) is 5.55. The molecule has 32 heavy (non-hydrogen) atoms. The van der Waals surface area contributed by atoms with Crippen LogP contribution in [-0.4, -0.2) is 40.9 Å². The van der Waals surface area contributed by atoms with Crippen LogP contribution in [0.15, 0.2) is 60.9 Å². The smallest absolute Gasteiger partial charge is 0.255 e. The van der Waals surface area contributed by atoms with Crippen LogP contribution in [-0.2, 0) is 0 Å². The summed E-state index contributed by atoms with van der Waals surface area (Å²) in [6, 6.07) is 13.2. The molecule has 1 aliphatic rings. The molecule has 1 saturated heterocycles. The molecule has 0 aliphatic carbocycles. The third-order valence-electron chi connectivity index (χ3n) is 5.12. The average molecular weight is 470 g/mol. The summed E-state index contributed by atoms with van der Waals surface area (Å²) in [6.45, 7) is 1.52. The van der Waals surface area contributed by atoms with Crippen LogP contribution in [0.5, 0.6) is 0 Å². The van der Waals surface area contributed by atoms with E-state index in [1.807, 2.05) is 0 Å². The molecule has 0 spiro atoms. The molecule has 0 radical (unpaired) electrons. The van der Waals surface area contributed by atoms with Gasteiger partial charge >= 0.3 is 0 Å². The van der Waals surface area contributed by atoms with E-state index in [0.717, 1.165) is 19.4 Å². The number of rotatable bonds is 5. The van der Waals surface area contributed by atoms with Crippen molar-refractivity contribution in [1.82, 2.24) is 15.3 Å². The Hall–Kier alpha value is -3.16. The molecule has 3 aromatic rings. The van der Waals surface area contributed by atoms with Gasteiger partial charge in [-0.2, -0.15) is 0 Å². The first-order valence-electron chi connectivity index (χ1n) is 10.2. The van der Waals surface area contributed by atoms with E-state index in [2.05, 4.69) is 25.5 Å². The summed E-state index contributed by atoms with van der Waals surface area (Å²) in [5, 5.41) is 6.62. The number of carbonyl (C=O) groups excluding carboxylic acids is 2. The largest absolute Gasteiger partial charge is 0.348 e. The quantitative estimate of drug-likeness (QED) is 0.576. The van der Waals surface area contributed by atoms with Crippen molar-refractivity contribution in [3.05, 3.63) is 82.1 Å². The first-order valence-corrected chi connectivity index (χ1v) is 10.9. The Labute approximate surface area is 195 Å². The van der Waals surface area contributed by atoms with E-state index in [4.69, 9.17) is 23.2 Å². The highest BCUT2D eigenvalue weighted by Crippen LogP contribution is 2.21. The fourth-order valence-electron chi connectivity index (χ4n) is 3.59. The van der Waals surface area contributed by atoms with Gasteiger partial charge in [-0.3, -0.25) is 9.59 Å². The summed E-state index contributed by atoms with van der Waals surface area (Å²) in [7, 11) is 0. The van der Waals surface area contributed by atoms with Crippen molar-refractivity contribution in [2.45, 2.75) is 18.9 Å². The van der Waals surface area contributed by atoms with Crippen molar-refractivity contribution in [1.29, 1.82) is 0 Å². The van der Waals surface area contributed by atoms with E-state index in [0.29, 0.717) is 39.4 Å². The minimum Gasteiger partial charge on any atom is -0.348 e. The zero-order valence-electron chi connectivity index (χ0n) is 17.1. The lowest BCUT2D eigenvalue weighted by molar-refractivity contribution is 0.0932. The molecule has 1 unspecified atom stereocenters. The summed E-state index contributed by atoms with van der Waals surface area (Å²) in [4.78, 5) is 35.8. The number of benzene rings is 2. The molecule has 2 N–H and O–H groups in total. The highest BCUT2D eigenvalue weighted by atomic mass is 35.5. The van der Waals surface area contributed by atoms with E-state index in [-0.39, 0.29) is 17.9 Å². The van der Waals surface area contributed by atoms with Gasteiger partial charge in [-0.1, -0.05) is 23.2 Å². The molecule has 7 nitrogen and oxygen atoms in total. The van der Waals surface area contributed by atoms with Crippen molar-refractivity contribution in [3.63, 3.8) is 0 Å². The Kier molecular flexibility index (Phi) is 6.87. The summed E-state index contributed by atoms with van der Waals surface area (Å²) < 4.78 is 0. The van der Waals surface area contributed by atoms with Crippen LogP contribution < -0.4 is 15.5 Å². The van der Waals surface area contributed by atoms with Gasteiger partial charge in [-0.25, -0.2) is 9.97 Å². The third-order valence-corrected chi connectivity index (χ3v) is 5.56. The van der Waals surface area contributed by atoms with Crippen LogP contribution in [0.25, 0.3) is 0 Å². The summed E-state index contributed by atoms with van der Waals surface area (Å²) in [5.74, 6) is 0.176. The number of aromatic nitrogens is 2. The molecule has 1 aliphatic heterocycles. The van der Waals surface area contributed by atoms with Gasteiger partial charge in [0, 0.05) is 58.4 Å². The lowest BCUT2D eigenvalue weighted by atomic mass is 10.1. The van der Waals surface area contributed by atoms with E-state index in [1.165, 1.54) is 0 Å². The maximum Gasteiger partial charge on any atom is 0.255 e. The number of hydrogen-bond acceptors (Lipinski definition) is 5. The van der Waals surface area contributed by atoms with Crippen LogP contribution in [0.1, 0.15) is 33.6 Å². The Morgan fingerprint density at radius 1 is 0.938 bits per heavy atom. The second kappa shape index (κ2) is 9.97. The highest BCUT2D eigenvalue weighted by Gasteiger charge is 2.23. The van der Waals surface area contributed by atoms with Crippen LogP contribution in [0.2, 0.25) is 10.0 Å². The fraction of sp³-hybridized carbons (Fsp3) is 0.217. The van der Waals surface area contributed by atoms with Crippen LogP contribution in [0.4, 0.5) is 11.6 Å². The SMILES string of the molecule is O=C(Nc1ccc(C(=O)NC2CCCN(c3ncccn3)C2)cc1)c1cc(Cl)cc(Cl)c1. The normalized spacial score (nSPS) is 15.8. The van der Waals surface area contributed by atoms with Crippen LogP contribution >= 0.6 is 23.2 Å². The Morgan fingerprint density at radius 2 is 1.62 bits per heavy atom. The first kappa shape index (κ1) is 22.0. The van der Waals surface area contributed by atoms with Gasteiger partial charge in [0.25, 0.3) is 11.8 Å². The summed E-state index contributed by atoms with van der Waals surface area (Å²) in [5.41, 5.74) is 1.43. The maximum atomic E-state index is 12.7. The van der Waals surface area contributed by atoms with Crippen LogP contribution in [0.3, 0.4) is 0 Å². The maximum absolute atomic E-state index is 12.7. The molecule has 1 fully saturated rings. The molecular weight excluding hydrogens is 449 g/mol. The van der Waals surface area contributed by atoms with Crippen LogP contribution in [0, 0.1) is 0 Å². The Bertz CT molecular complexity index is 1090. The molecule has 0 saturated carbocycles. The van der Waals surface area contributed by atoms with Crippen molar-refractivity contribution in [2.24, 2.45) is 0 Å². The molecule has 9 heteroatoms. The first-order chi connectivity index (χ1) is 15.5. The zero-order valence-corrected chi connectivity index (χ0v) is 18.6. The number of carbonyl (C=O) groups is 2. The monoisotopic (exact) mass is 469 g/mol. The lowest BCUT2D eigenvalue weighted by Gasteiger charge is -2.33. The van der Waals surface area contributed by atoms with Crippen molar-refractivity contribution in [2.75, 3.05) is 23.3 Å². The van der Waals surface area contributed by atoms with Gasteiger partial charge in [-0.15, -0.1) is 0 Å². The van der Waals surface area contributed by atoms with Gasteiger partial charge in [0.05, 0.1) is 0 Å². The molecule has 1 aromatic heterocycles. The number of nitrogens with zero attached hydrogens (tertiary/aromatic N) is 3. The van der Waals surface area contributed by atoms with E-state index < -0.39 is 0 Å². The van der Waals surface area contributed by atoms with E-state index >= 15 is 0 Å². The second-order valence-corrected chi connectivity index (χ2v) is 8.37. The molecule has 1 atom stereocenters. The lowest BCUT2D eigenvalue weighted by Crippen LogP contribution is -2.48. The van der Waals surface area contributed by atoms with Gasteiger partial charge in [0.2, 0.25) is 5.95 Å². The minimum atomic E-state index is -0.336. The summed E-state index contributed by atoms with van der Waals surface area (Å²) >= 11 is 11.9. The zero-order chi connectivity index (χ0) is 22.5. The van der Waals surface area contributed by atoms with Crippen molar-refractivity contribution in [3.8, 4) is 0 Å². The number of nitrogens with one attached hydrogen (secondary N) is 2. The Morgan fingerprint density at radius 3 is 2.31 bits per heavy atom. The number of halogens is 2. The number of hydrogen-bond donors (Lipinski definition) is 2. The predicted octanol–water partition coefficient (Wildman–Crippen LogP) is 4.43. The molecule has 2 amide bonds. The van der Waals surface area contributed by atoms with Gasteiger partial charge < -0.3 is 15.5 Å². The predicted molar refractivity (Wildman–Crippen MR) is 126 cm³/mol. The molecular formula is C23H21Cl2N5O2. The molecule has 4 rings (SSSR count). The van der Waals surface area contributed by atoms with Crippen molar-refractivity contribution < 1.29 is 9.59 Å². The van der Waals surface area contributed by atoms with Gasteiger partial charge in [-0.05, 0) is 61.4 Å². The average Bonchev–Trinajstić information content (AvgIpc) is 2.79. The molecule has 2 aromatic carbocycles. The van der Waals surface area contributed by atoms with E-state index in [1.54, 1.807) is 60.9 Å². The molecule has 0 bridgehead atoms. The van der Waals surface area contributed by atoms with Gasteiger partial charge in [0.1, 0.15) is 0 Å². The molecule has 164 valence electrons. The summed E-state index contributed by atoms with van der Waals surface area (Å²) in [6.07, 6.45) is 5.27. The second-order valence-electron chi connectivity index (χ2n) is 7.50.